The first kappa shape index (κ1) is 17.2. The van der Waals surface area contributed by atoms with Gasteiger partial charge in [0.15, 0.2) is 11.0 Å². The summed E-state index contributed by atoms with van der Waals surface area (Å²) in [6, 6.07) is 13.5. The summed E-state index contributed by atoms with van der Waals surface area (Å²) in [7, 11) is 5.43. The molecule has 1 amide bonds. The molecular formula is C18H19N5OS. The molecule has 128 valence electrons. The lowest BCUT2D eigenvalue weighted by Crippen LogP contribution is -2.26. The number of carbonyl (C=O) groups is 1. The summed E-state index contributed by atoms with van der Waals surface area (Å²) in [5.74, 6) is 0.763. The van der Waals surface area contributed by atoms with E-state index in [2.05, 4.69) is 15.2 Å². The molecule has 0 spiro atoms. The number of carbonyl (C=O) groups excluding carboxylic acids is 1. The molecule has 0 aliphatic rings. The van der Waals surface area contributed by atoms with Crippen LogP contribution in [0.25, 0.3) is 11.4 Å². The second-order valence-corrected chi connectivity index (χ2v) is 6.81. The maximum absolute atomic E-state index is 12.7. The summed E-state index contributed by atoms with van der Waals surface area (Å²) in [4.78, 5) is 18.3. The fourth-order valence-corrected chi connectivity index (χ4v) is 3.55. The maximum atomic E-state index is 12.7. The minimum atomic E-state index is -0.371. The minimum Gasteiger partial charge on any atom is -0.348 e. The maximum Gasteiger partial charge on any atom is 0.240 e. The molecule has 0 aliphatic heterocycles. The van der Waals surface area contributed by atoms with Crippen molar-refractivity contribution >= 4 is 17.7 Å². The van der Waals surface area contributed by atoms with E-state index in [4.69, 9.17) is 0 Å². The second-order valence-electron chi connectivity index (χ2n) is 5.74. The Balaban J connectivity index is 1.93. The Morgan fingerprint density at radius 3 is 2.40 bits per heavy atom. The number of hydrogen-bond donors (Lipinski definition) is 0. The summed E-state index contributed by atoms with van der Waals surface area (Å²) in [5, 5.41) is 8.88. The fraction of sp³-hybridized carbons (Fsp3) is 0.222. The Morgan fingerprint density at radius 1 is 1.08 bits per heavy atom. The van der Waals surface area contributed by atoms with Crippen molar-refractivity contribution in [2.45, 2.75) is 10.4 Å². The number of pyridine rings is 1. The number of thioether (sulfide) groups is 1. The van der Waals surface area contributed by atoms with Crippen molar-refractivity contribution < 1.29 is 4.79 Å². The van der Waals surface area contributed by atoms with Gasteiger partial charge in [-0.2, -0.15) is 0 Å². The van der Waals surface area contributed by atoms with Crippen LogP contribution in [0.4, 0.5) is 0 Å². The van der Waals surface area contributed by atoms with Gasteiger partial charge in [0.25, 0.3) is 0 Å². The zero-order chi connectivity index (χ0) is 17.8. The van der Waals surface area contributed by atoms with Crippen LogP contribution < -0.4 is 0 Å². The van der Waals surface area contributed by atoms with E-state index in [1.54, 1.807) is 31.4 Å². The van der Waals surface area contributed by atoms with Crippen molar-refractivity contribution in [3.63, 3.8) is 0 Å². The summed E-state index contributed by atoms with van der Waals surface area (Å²) in [6.45, 7) is 0. The quantitative estimate of drug-likeness (QED) is 0.660. The number of nitrogens with zero attached hydrogens (tertiary/aromatic N) is 5. The molecule has 1 atom stereocenters. The lowest BCUT2D eigenvalue weighted by atomic mass is 10.1. The van der Waals surface area contributed by atoms with Gasteiger partial charge in [-0.25, -0.2) is 0 Å². The van der Waals surface area contributed by atoms with Crippen LogP contribution in [0.1, 0.15) is 10.8 Å². The molecule has 2 aromatic heterocycles. The molecule has 3 rings (SSSR count). The highest BCUT2D eigenvalue weighted by Gasteiger charge is 2.26. The minimum absolute atomic E-state index is 0.0182. The Morgan fingerprint density at radius 2 is 1.76 bits per heavy atom. The van der Waals surface area contributed by atoms with Gasteiger partial charge in [0, 0.05) is 39.1 Å². The third-order valence-corrected chi connectivity index (χ3v) is 5.04. The van der Waals surface area contributed by atoms with Gasteiger partial charge in [0.05, 0.1) is 0 Å². The fourth-order valence-electron chi connectivity index (χ4n) is 2.40. The monoisotopic (exact) mass is 353 g/mol. The van der Waals surface area contributed by atoms with Crippen molar-refractivity contribution in [2.75, 3.05) is 14.1 Å². The normalized spacial score (nSPS) is 12.0. The average molecular weight is 353 g/mol. The average Bonchev–Trinajstić information content (AvgIpc) is 3.01. The molecule has 6 nitrogen and oxygen atoms in total. The predicted molar refractivity (Wildman–Crippen MR) is 98.0 cm³/mol. The third-order valence-electron chi connectivity index (χ3n) is 3.76. The molecule has 0 N–H and O–H groups in total. The predicted octanol–water partition coefficient (Wildman–Crippen LogP) is 2.80. The van der Waals surface area contributed by atoms with E-state index in [-0.39, 0.29) is 11.2 Å². The van der Waals surface area contributed by atoms with Crippen LogP contribution in [0.5, 0.6) is 0 Å². The summed E-state index contributed by atoms with van der Waals surface area (Å²) >= 11 is 1.40. The van der Waals surface area contributed by atoms with Gasteiger partial charge in [-0.1, -0.05) is 42.1 Å². The first-order valence-electron chi connectivity index (χ1n) is 7.80. The zero-order valence-electron chi connectivity index (χ0n) is 14.3. The summed E-state index contributed by atoms with van der Waals surface area (Å²) in [6.07, 6.45) is 3.44. The Kier molecular flexibility index (Phi) is 5.14. The van der Waals surface area contributed by atoms with E-state index >= 15 is 0 Å². The molecule has 1 aromatic carbocycles. The van der Waals surface area contributed by atoms with Crippen LogP contribution in [0.2, 0.25) is 0 Å². The SMILES string of the molecule is CN(C)C(=O)[C@@H](Sc1nnc(-c2ccncc2)n1C)c1ccccc1. The highest BCUT2D eigenvalue weighted by Crippen LogP contribution is 2.36. The van der Waals surface area contributed by atoms with E-state index < -0.39 is 0 Å². The molecule has 0 aliphatic carbocycles. The highest BCUT2D eigenvalue weighted by molar-refractivity contribution is 8.00. The highest BCUT2D eigenvalue weighted by atomic mass is 32.2. The molecule has 0 radical (unpaired) electrons. The van der Waals surface area contributed by atoms with E-state index in [1.807, 2.05) is 54.1 Å². The molecular weight excluding hydrogens is 334 g/mol. The van der Waals surface area contributed by atoms with Gasteiger partial charge in [-0.05, 0) is 17.7 Å². The van der Waals surface area contributed by atoms with Crippen LogP contribution in [-0.2, 0) is 11.8 Å². The summed E-state index contributed by atoms with van der Waals surface area (Å²) < 4.78 is 1.90. The Bertz CT molecular complexity index is 848. The topological polar surface area (TPSA) is 63.9 Å². The lowest BCUT2D eigenvalue weighted by molar-refractivity contribution is -0.128. The number of benzene rings is 1. The first-order chi connectivity index (χ1) is 12.1. The molecule has 0 unspecified atom stereocenters. The van der Waals surface area contributed by atoms with Gasteiger partial charge in [-0.15, -0.1) is 10.2 Å². The van der Waals surface area contributed by atoms with E-state index in [9.17, 15) is 4.79 Å². The number of hydrogen-bond acceptors (Lipinski definition) is 5. The number of aromatic nitrogens is 4. The number of amides is 1. The number of rotatable bonds is 5. The van der Waals surface area contributed by atoms with Gasteiger partial charge < -0.3 is 9.47 Å². The first-order valence-corrected chi connectivity index (χ1v) is 8.68. The smallest absolute Gasteiger partial charge is 0.240 e. The van der Waals surface area contributed by atoms with Crippen LogP contribution in [0, 0.1) is 0 Å². The van der Waals surface area contributed by atoms with Gasteiger partial charge in [-0.3, -0.25) is 9.78 Å². The Labute approximate surface area is 150 Å². The molecule has 0 saturated heterocycles. The zero-order valence-corrected chi connectivity index (χ0v) is 15.1. The van der Waals surface area contributed by atoms with Gasteiger partial charge in [0.2, 0.25) is 5.91 Å². The Hall–Kier alpha value is -2.67. The summed E-state index contributed by atoms with van der Waals surface area (Å²) in [5.41, 5.74) is 1.88. The van der Waals surface area contributed by atoms with Crippen molar-refractivity contribution in [3.8, 4) is 11.4 Å². The molecule has 7 heteroatoms. The van der Waals surface area contributed by atoms with E-state index in [0.717, 1.165) is 17.0 Å². The van der Waals surface area contributed by atoms with E-state index in [0.29, 0.717) is 5.16 Å². The lowest BCUT2D eigenvalue weighted by Gasteiger charge is -2.20. The van der Waals surface area contributed by atoms with E-state index in [1.165, 1.54) is 11.8 Å². The van der Waals surface area contributed by atoms with Crippen LogP contribution in [0.3, 0.4) is 0 Å². The molecule has 25 heavy (non-hydrogen) atoms. The number of likely N-dealkylation sites (N-methyl/N-ethyl adjacent to an activating group) is 1. The molecule has 2 heterocycles. The van der Waals surface area contributed by atoms with Crippen molar-refractivity contribution in [3.05, 3.63) is 60.4 Å². The van der Waals surface area contributed by atoms with Gasteiger partial charge >= 0.3 is 0 Å². The second kappa shape index (κ2) is 7.48. The van der Waals surface area contributed by atoms with Crippen molar-refractivity contribution in [1.82, 2.24) is 24.6 Å². The largest absolute Gasteiger partial charge is 0.348 e. The molecule has 0 saturated carbocycles. The van der Waals surface area contributed by atoms with Crippen molar-refractivity contribution in [1.29, 1.82) is 0 Å². The van der Waals surface area contributed by atoms with Gasteiger partial charge in [0.1, 0.15) is 5.25 Å². The van der Waals surface area contributed by atoms with Crippen molar-refractivity contribution in [2.24, 2.45) is 7.05 Å². The van der Waals surface area contributed by atoms with Crippen LogP contribution >= 0.6 is 11.8 Å². The van der Waals surface area contributed by atoms with Crippen LogP contribution in [0.15, 0.2) is 60.0 Å². The molecule has 0 fully saturated rings. The molecule has 3 aromatic rings. The standard InChI is InChI=1S/C18H19N5OS/c1-22(2)17(24)15(13-7-5-4-6-8-13)25-18-21-20-16(23(18)3)14-9-11-19-12-10-14/h4-12,15H,1-3H3/t15-/m0/s1. The molecule has 0 bridgehead atoms. The van der Waals surface area contributed by atoms with Crippen LogP contribution in [-0.4, -0.2) is 44.7 Å². The third kappa shape index (κ3) is 3.71.